The molecule has 17 heavy (non-hydrogen) atoms. The van der Waals surface area contributed by atoms with Gasteiger partial charge in [0.1, 0.15) is 0 Å². The van der Waals surface area contributed by atoms with Gasteiger partial charge in [-0.1, -0.05) is 0 Å². The molecule has 10 saturated heterocycles. The number of hydrogen-bond acceptors (Lipinski definition) is 4. The van der Waals surface area contributed by atoms with Gasteiger partial charge in [-0.05, 0) is 0 Å². The summed E-state index contributed by atoms with van der Waals surface area (Å²) < 4.78 is 47.2. The Morgan fingerprint density at radius 2 is 1.00 bits per heavy atom. The van der Waals surface area contributed by atoms with Crippen LogP contribution in [0.15, 0.2) is 0 Å². The molecule has 0 aromatic carbocycles. The third-order valence-electron chi connectivity index (χ3n) is 15.2. The van der Waals surface area contributed by atoms with Gasteiger partial charge in [0.05, 0.1) is 0 Å². The van der Waals surface area contributed by atoms with E-state index in [9.17, 15) is 18.3 Å². The Kier molecular flexibility index (Phi) is 0.197. The zero-order valence-electron chi connectivity index (χ0n) is 8.50. The fourth-order valence-corrected chi connectivity index (χ4v) is 114. The van der Waals surface area contributed by atoms with Crippen molar-refractivity contribution in [3.63, 3.8) is 0 Å². The average Bonchev–Trinajstić information content (AvgIpc) is 3.22. The SMILES string of the molecule is O=P(=O)[C]12[CH]3[CH]4[CH]5[C]1(P(=O)=O)[Fe]43521678[CH]2[CH]1[CH]6[CH]7[CH]28. The Labute approximate surface area is 86.8 Å². The van der Waals surface area contributed by atoms with Crippen LogP contribution in [0, 0.1) is 0 Å². The molecule has 10 rings (SSSR count). The van der Waals surface area contributed by atoms with Crippen molar-refractivity contribution in [2.45, 2.75) is 46.6 Å². The van der Waals surface area contributed by atoms with Gasteiger partial charge < -0.3 is 0 Å². The standard InChI is InChI=1S/C5H3O4P2.C5H5.Fe/c6-10(7)4-2-1-3-5(4)11(8)9;1-2-4-5-3-1;/h1-3H;1-5H;. The number of hydrogen-bond donors (Lipinski definition) is 0. The van der Waals surface area contributed by atoms with Crippen LogP contribution >= 0.6 is 15.4 Å². The van der Waals surface area contributed by atoms with Crippen LogP contribution in [0.5, 0.6) is 0 Å². The van der Waals surface area contributed by atoms with Crippen LogP contribution in [0.1, 0.15) is 0 Å². The van der Waals surface area contributed by atoms with Gasteiger partial charge >= 0.3 is 86.8 Å². The van der Waals surface area contributed by atoms with E-state index in [1.165, 1.54) is 0 Å². The normalized spacial score (nSPS) is 123. The molecule has 0 aliphatic carbocycles. The van der Waals surface area contributed by atoms with Gasteiger partial charge in [-0.3, -0.25) is 0 Å². The molecule has 0 N–H and O–H groups in total. The van der Waals surface area contributed by atoms with Crippen molar-refractivity contribution < 1.29 is 24.8 Å². The van der Waals surface area contributed by atoms with Gasteiger partial charge in [-0.15, -0.1) is 0 Å². The molecule has 4 unspecified atom stereocenters. The molecule has 0 radical (unpaired) electrons. The maximum atomic E-state index is 12.1. The topological polar surface area (TPSA) is 68.3 Å². The Hall–Kier alpha value is 0.319. The number of fused-ring (bicyclic) bond motifs is 10. The monoisotopic (exact) mass is 310 g/mol. The molecule has 4 atom stereocenters. The molecule has 10 heterocycles. The molecule has 10 aliphatic rings. The zero-order valence-corrected chi connectivity index (χ0v) is 11.4. The molecular weight excluding hydrogens is 302 g/mol. The second kappa shape index (κ2) is 0.502. The van der Waals surface area contributed by atoms with Gasteiger partial charge in [0.15, 0.2) is 0 Å². The zero-order chi connectivity index (χ0) is 11.1. The fraction of sp³-hybridized carbons (Fsp3) is 1.00. The van der Waals surface area contributed by atoms with Crippen LogP contribution < -0.4 is 0 Å². The second-order valence-corrected chi connectivity index (χ2v) is 36.6. The van der Waals surface area contributed by atoms with Crippen molar-refractivity contribution in [2.24, 2.45) is 0 Å². The molecule has 4 nitrogen and oxygen atoms in total. The van der Waals surface area contributed by atoms with Gasteiger partial charge in [-0.2, -0.15) is 0 Å². The first kappa shape index (κ1) is 6.66. The second-order valence-electron chi connectivity index (χ2n) is 10.2. The van der Waals surface area contributed by atoms with E-state index in [1.807, 2.05) is 0 Å². The predicted octanol–water partition coefficient (Wildman–Crippen LogP) is 3.54. The summed E-state index contributed by atoms with van der Waals surface area (Å²) in [6.45, 7) is -4.09. The van der Waals surface area contributed by atoms with Crippen LogP contribution in [0.25, 0.3) is 0 Å². The summed E-state index contributed by atoms with van der Waals surface area (Å²) in [5.74, 6) is 0. The summed E-state index contributed by atoms with van der Waals surface area (Å²) in [6, 6.07) is 0. The van der Waals surface area contributed by atoms with Gasteiger partial charge in [0.2, 0.25) is 0 Å². The van der Waals surface area contributed by atoms with E-state index in [4.69, 9.17) is 0 Å². The Morgan fingerprint density at radius 3 is 1.12 bits per heavy atom. The van der Waals surface area contributed by atoms with Crippen LogP contribution in [-0.2, 0) is 24.8 Å². The van der Waals surface area contributed by atoms with Gasteiger partial charge in [0.25, 0.3) is 0 Å². The summed E-state index contributed by atoms with van der Waals surface area (Å²) in [7, 11) is -4.97. The third-order valence-corrected chi connectivity index (χ3v) is 68.3. The van der Waals surface area contributed by atoms with E-state index in [0.29, 0.717) is 9.63 Å². The molecule has 7 heteroatoms. The average molecular weight is 310 g/mol. The summed E-state index contributed by atoms with van der Waals surface area (Å²) in [4.78, 5) is 5.43. The molecular formula is C10H8FeO4P2. The Balaban J connectivity index is 1.88. The maximum absolute atomic E-state index is 12.1. The molecule has 0 amide bonds. The molecule has 0 aromatic rings. The first-order chi connectivity index (χ1) is 7.82. The van der Waals surface area contributed by atoms with E-state index < -0.39 is 30.0 Å². The van der Waals surface area contributed by atoms with E-state index in [2.05, 4.69) is 0 Å². The van der Waals surface area contributed by atoms with Crippen molar-refractivity contribution >= 4 is 15.4 Å². The number of rotatable bonds is 2. The molecule has 10 aliphatic heterocycles. The Bertz CT molecular complexity index is 1100. The third kappa shape index (κ3) is 0.0584. The van der Waals surface area contributed by atoms with Crippen molar-refractivity contribution in [3.05, 3.63) is 0 Å². The van der Waals surface area contributed by atoms with E-state index in [0.717, 1.165) is 28.9 Å². The summed E-state index contributed by atoms with van der Waals surface area (Å²) in [5.41, 5.74) is 0. The van der Waals surface area contributed by atoms with E-state index >= 15 is 0 Å². The molecule has 90 valence electrons. The quantitative estimate of drug-likeness (QED) is 0.578. The van der Waals surface area contributed by atoms with Crippen LogP contribution in [0.4, 0.5) is 0 Å². The minimum absolute atomic E-state index is 0.505. The predicted molar refractivity (Wildman–Crippen MR) is 52.0 cm³/mol. The fourth-order valence-electron chi connectivity index (χ4n) is 17.3. The van der Waals surface area contributed by atoms with Crippen molar-refractivity contribution in [3.8, 4) is 0 Å². The summed E-state index contributed by atoms with van der Waals surface area (Å²) in [5, 5.41) is 0. The molecule has 0 bridgehead atoms. The van der Waals surface area contributed by atoms with Crippen LogP contribution in [0.2, 0.25) is 38.5 Å². The molecule has 0 aromatic heterocycles. The van der Waals surface area contributed by atoms with Crippen molar-refractivity contribution in [1.29, 1.82) is 0 Å². The first-order valence-corrected chi connectivity index (χ1v) is 14.9. The van der Waals surface area contributed by atoms with Gasteiger partial charge in [0, 0.05) is 0 Å². The van der Waals surface area contributed by atoms with Gasteiger partial charge in [-0.25, -0.2) is 0 Å². The minimum atomic E-state index is -4.09. The van der Waals surface area contributed by atoms with E-state index in [1.54, 1.807) is 0 Å². The van der Waals surface area contributed by atoms with Crippen LogP contribution in [-0.4, -0.2) is 8.11 Å². The Morgan fingerprint density at radius 1 is 0.647 bits per heavy atom. The summed E-state index contributed by atoms with van der Waals surface area (Å²) >= 11 is 0. The summed E-state index contributed by atoms with van der Waals surface area (Å²) in [6.07, 6.45) is 0. The molecule has 1 spiro atoms. The molecule has 0 saturated carbocycles. The van der Waals surface area contributed by atoms with Crippen molar-refractivity contribution in [1.82, 2.24) is 0 Å². The molecule has 10 fully saturated rings. The first-order valence-electron chi connectivity index (χ1n) is 6.32. The van der Waals surface area contributed by atoms with Crippen LogP contribution in [0.3, 0.4) is 0 Å². The van der Waals surface area contributed by atoms with E-state index in [-0.39, 0.29) is 0 Å². The van der Waals surface area contributed by atoms with Crippen molar-refractivity contribution in [2.75, 3.05) is 0 Å².